The lowest BCUT2D eigenvalue weighted by Gasteiger charge is -2.32. The Bertz CT molecular complexity index is 509. The number of nitrogens with zero attached hydrogens (tertiary/aromatic N) is 3. The number of allylic oxidation sites excluding steroid dienone is 1. The first-order chi connectivity index (χ1) is 10.1. The fourth-order valence-electron chi connectivity index (χ4n) is 2.22. The van der Waals surface area contributed by atoms with E-state index < -0.39 is 0 Å². The Labute approximate surface area is 124 Å². The summed E-state index contributed by atoms with van der Waals surface area (Å²) in [5.41, 5.74) is 1.00. The molecule has 1 unspecified atom stereocenters. The number of piperidine rings is 1. The zero-order valence-corrected chi connectivity index (χ0v) is 12.7. The molecule has 1 amide bonds. The van der Waals surface area contributed by atoms with Crippen LogP contribution in [0.3, 0.4) is 0 Å². The lowest BCUT2D eigenvalue weighted by Crippen LogP contribution is -2.43. The molecule has 1 aromatic heterocycles. The molecule has 2 heterocycles. The summed E-state index contributed by atoms with van der Waals surface area (Å²) >= 11 is 0. The standard InChI is InChI=1S/C15H21N3O3/c1-11(2)9-15(19)18-8-4-5-12(10-18)21-14-7-6-13(20-3)16-17-14/h6-7,9,12H,4-5,8,10H2,1-3H3. The normalized spacial score (nSPS) is 18.0. The number of likely N-dealkylation sites (tertiary alicyclic amines) is 1. The van der Waals surface area contributed by atoms with Crippen molar-refractivity contribution < 1.29 is 14.3 Å². The Morgan fingerprint density at radius 2 is 2.05 bits per heavy atom. The van der Waals surface area contributed by atoms with Crippen LogP contribution in [0, 0.1) is 0 Å². The van der Waals surface area contributed by atoms with Crippen molar-refractivity contribution in [3.63, 3.8) is 0 Å². The van der Waals surface area contributed by atoms with E-state index in [1.54, 1.807) is 25.3 Å². The third-order valence-electron chi connectivity index (χ3n) is 3.21. The van der Waals surface area contributed by atoms with Gasteiger partial charge in [0.15, 0.2) is 0 Å². The molecule has 1 fully saturated rings. The zero-order valence-electron chi connectivity index (χ0n) is 12.7. The Kier molecular flexibility index (Phi) is 5.14. The molecule has 6 nitrogen and oxygen atoms in total. The van der Waals surface area contributed by atoms with Crippen LogP contribution < -0.4 is 9.47 Å². The number of carbonyl (C=O) groups is 1. The zero-order chi connectivity index (χ0) is 15.2. The molecule has 2 rings (SSSR count). The average molecular weight is 291 g/mol. The van der Waals surface area contributed by atoms with E-state index in [1.165, 1.54) is 0 Å². The summed E-state index contributed by atoms with van der Waals surface area (Å²) in [5.74, 6) is 0.952. The van der Waals surface area contributed by atoms with Gasteiger partial charge in [0, 0.05) is 24.8 Å². The van der Waals surface area contributed by atoms with Gasteiger partial charge in [-0.25, -0.2) is 0 Å². The molecule has 1 aromatic rings. The number of amides is 1. The molecule has 1 atom stereocenters. The number of carbonyl (C=O) groups excluding carboxylic acids is 1. The summed E-state index contributed by atoms with van der Waals surface area (Å²) in [5, 5.41) is 7.82. The number of rotatable bonds is 4. The number of hydrogen-bond donors (Lipinski definition) is 0. The molecule has 114 valence electrons. The maximum absolute atomic E-state index is 12.0. The fraction of sp³-hybridized carbons (Fsp3) is 0.533. The summed E-state index contributed by atoms with van der Waals surface area (Å²) in [6.07, 6.45) is 3.45. The molecule has 0 aliphatic carbocycles. The van der Waals surface area contributed by atoms with Crippen LogP contribution in [0.5, 0.6) is 11.8 Å². The summed E-state index contributed by atoms with van der Waals surface area (Å²) in [6, 6.07) is 3.43. The molecule has 0 spiro atoms. The summed E-state index contributed by atoms with van der Waals surface area (Å²) in [4.78, 5) is 13.9. The van der Waals surface area contributed by atoms with E-state index in [1.807, 2.05) is 18.7 Å². The molecular weight excluding hydrogens is 270 g/mol. The SMILES string of the molecule is COc1ccc(OC2CCCN(C(=O)C=C(C)C)C2)nn1. The van der Waals surface area contributed by atoms with Gasteiger partial charge in [0.25, 0.3) is 0 Å². The second-order valence-electron chi connectivity index (χ2n) is 5.30. The number of methoxy groups -OCH3 is 1. The first-order valence-corrected chi connectivity index (χ1v) is 7.06. The van der Waals surface area contributed by atoms with Crippen molar-refractivity contribution in [2.45, 2.75) is 32.8 Å². The lowest BCUT2D eigenvalue weighted by atomic mass is 10.1. The van der Waals surface area contributed by atoms with Crippen LogP contribution in [0.1, 0.15) is 26.7 Å². The lowest BCUT2D eigenvalue weighted by molar-refractivity contribution is -0.128. The highest BCUT2D eigenvalue weighted by molar-refractivity contribution is 5.88. The van der Waals surface area contributed by atoms with E-state index in [0.717, 1.165) is 25.0 Å². The van der Waals surface area contributed by atoms with Crippen molar-refractivity contribution in [1.29, 1.82) is 0 Å². The smallest absolute Gasteiger partial charge is 0.246 e. The van der Waals surface area contributed by atoms with Crippen molar-refractivity contribution in [3.05, 3.63) is 23.8 Å². The van der Waals surface area contributed by atoms with Gasteiger partial charge in [0.1, 0.15) is 6.10 Å². The quantitative estimate of drug-likeness (QED) is 0.792. The maximum atomic E-state index is 12.0. The third kappa shape index (κ3) is 4.44. The van der Waals surface area contributed by atoms with Gasteiger partial charge in [-0.1, -0.05) is 5.57 Å². The number of hydrogen-bond acceptors (Lipinski definition) is 5. The Balaban J connectivity index is 1.94. The van der Waals surface area contributed by atoms with Gasteiger partial charge in [0.2, 0.25) is 17.7 Å². The van der Waals surface area contributed by atoms with Crippen LogP contribution in [0.25, 0.3) is 0 Å². The van der Waals surface area contributed by atoms with E-state index in [2.05, 4.69) is 10.2 Å². The van der Waals surface area contributed by atoms with Gasteiger partial charge in [-0.15, -0.1) is 10.2 Å². The van der Waals surface area contributed by atoms with E-state index in [0.29, 0.717) is 18.3 Å². The molecule has 0 aromatic carbocycles. The highest BCUT2D eigenvalue weighted by Crippen LogP contribution is 2.18. The first-order valence-electron chi connectivity index (χ1n) is 7.06. The summed E-state index contributed by atoms with van der Waals surface area (Å²) in [6.45, 7) is 5.19. The minimum absolute atomic E-state index is 0.0454. The van der Waals surface area contributed by atoms with Gasteiger partial charge in [0.05, 0.1) is 13.7 Å². The Morgan fingerprint density at radius 1 is 1.33 bits per heavy atom. The van der Waals surface area contributed by atoms with E-state index >= 15 is 0 Å². The largest absolute Gasteiger partial charge is 0.480 e. The van der Waals surface area contributed by atoms with Crippen LogP contribution >= 0.6 is 0 Å². The van der Waals surface area contributed by atoms with Crippen LogP contribution in [0.15, 0.2) is 23.8 Å². The highest BCUT2D eigenvalue weighted by atomic mass is 16.5. The second kappa shape index (κ2) is 7.06. The predicted octanol–water partition coefficient (Wildman–Crippen LogP) is 1.82. The number of ether oxygens (including phenoxy) is 2. The second-order valence-corrected chi connectivity index (χ2v) is 5.30. The van der Waals surface area contributed by atoms with Crippen molar-refractivity contribution in [1.82, 2.24) is 15.1 Å². The topological polar surface area (TPSA) is 64.6 Å². The van der Waals surface area contributed by atoms with Crippen molar-refractivity contribution in [2.75, 3.05) is 20.2 Å². The van der Waals surface area contributed by atoms with Crippen LogP contribution in [-0.2, 0) is 4.79 Å². The third-order valence-corrected chi connectivity index (χ3v) is 3.21. The van der Waals surface area contributed by atoms with Crippen LogP contribution in [-0.4, -0.2) is 47.3 Å². The van der Waals surface area contributed by atoms with Crippen molar-refractivity contribution in [3.8, 4) is 11.8 Å². The molecule has 1 saturated heterocycles. The van der Waals surface area contributed by atoms with Crippen molar-refractivity contribution in [2.24, 2.45) is 0 Å². The van der Waals surface area contributed by atoms with Gasteiger partial charge >= 0.3 is 0 Å². The molecule has 0 bridgehead atoms. The molecule has 1 aliphatic heterocycles. The van der Waals surface area contributed by atoms with Gasteiger partial charge < -0.3 is 14.4 Å². The summed E-state index contributed by atoms with van der Waals surface area (Å²) < 4.78 is 10.8. The fourth-order valence-corrected chi connectivity index (χ4v) is 2.22. The van der Waals surface area contributed by atoms with E-state index in [4.69, 9.17) is 9.47 Å². The molecule has 1 aliphatic rings. The molecule has 6 heteroatoms. The summed E-state index contributed by atoms with van der Waals surface area (Å²) in [7, 11) is 1.54. The molecular formula is C15H21N3O3. The van der Waals surface area contributed by atoms with Crippen molar-refractivity contribution >= 4 is 5.91 Å². The van der Waals surface area contributed by atoms with Crippen LogP contribution in [0.2, 0.25) is 0 Å². The van der Waals surface area contributed by atoms with Crippen LogP contribution in [0.4, 0.5) is 0 Å². The monoisotopic (exact) mass is 291 g/mol. The van der Waals surface area contributed by atoms with E-state index in [9.17, 15) is 4.79 Å². The highest BCUT2D eigenvalue weighted by Gasteiger charge is 2.24. The first kappa shape index (κ1) is 15.3. The minimum Gasteiger partial charge on any atom is -0.480 e. The molecule has 21 heavy (non-hydrogen) atoms. The van der Waals surface area contributed by atoms with Gasteiger partial charge in [-0.3, -0.25) is 4.79 Å². The van der Waals surface area contributed by atoms with E-state index in [-0.39, 0.29) is 12.0 Å². The average Bonchev–Trinajstić information content (AvgIpc) is 2.47. The number of aromatic nitrogens is 2. The molecule has 0 radical (unpaired) electrons. The van der Waals surface area contributed by atoms with Gasteiger partial charge in [-0.05, 0) is 26.7 Å². The maximum Gasteiger partial charge on any atom is 0.246 e. The predicted molar refractivity (Wildman–Crippen MR) is 78.2 cm³/mol. The Hall–Kier alpha value is -2.11. The molecule has 0 N–H and O–H groups in total. The minimum atomic E-state index is -0.0454. The molecule has 0 saturated carbocycles. The Morgan fingerprint density at radius 3 is 2.67 bits per heavy atom. The van der Waals surface area contributed by atoms with Gasteiger partial charge in [-0.2, -0.15) is 0 Å².